The van der Waals surface area contributed by atoms with Crippen molar-refractivity contribution in [1.29, 1.82) is 0 Å². The van der Waals surface area contributed by atoms with Gasteiger partial charge in [0.2, 0.25) is 0 Å². The molecular weight excluding hydrogens is 480 g/mol. The third kappa shape index (κ3) is 2.01. The Morgan fingerprint density at radius 3 is 2.00 bits per heavy atom. The summed E-state index contributed by atoms with van der Waals surface area (Å²) in [6, 6.07) is 14.2. The van der Waals surface area contributed by atoms with E-state index in [1.807, 2.05) is 0 Å². The van der Waals surface area contributed by atoms with Crippen molar-refractivity contribution in [3.63, 3.8) is 0 Å². The minimum atomic E-state index is -2.79. The van der Waals surface area contributed by atoms with Gasteiger partial charge in [-0.15, -0.1) is 0 Å². The van der Waals surface area contributed by atoms with Crippen LogP contribution >= 0.6 is 0 Å². The van der Waals surface area contributed by atoms with Gasteiger partial charge in [0.1, 0.15) is 0 Å². The van der Waals surface area contributed by atoms with Crippen molar-refractivity contribution in [2.24, 2.45) is 0 Å². The Hall–Kier alpha value is -1.12. The zero-order valence-corrected chi connectivity index (χ0v) is 16.4. The Morgan fingerprint density at radius 2 is 1.43 bits per heavy atom. The van der Waals surface area contributed by atoms with Crippen LogP contribution in [0.4, 0.5) is 0 Å². The average Bonchev–Trinajstić information content (AvgIpc) is 2.85. The van der Waals surface area contributed by atoms with E-state index in [1.165, 1.54) is 53.9 Å². The van der Waals surface area contributed by atoms with Gasteiger partial charge in [-0.2, -0.15) is 0 Å². The number of nitrogens with one attached hydrogen (secondary N) is 1. The van der Waals surface area contributed by atoms with Gasteiger partial charge in [0.15, 0.2) is 0 Å². The molecule has 23 heavy (non-hydrogen) atoms. The Labute approximate surface area is 142 Å². The Balaban J connectivity index is 1.75. The van der Waals surface area contributed by atoms with Gasteiger partial charge in [0.05, 0.1) is 0 Å². The molecule has 2 aromatic heterocycles. The van der Waals surface area contributed by atoms with E-state index in [-0.39, 0.29) is 0 Å². The molecule has 1 N–H and O–H groups in total. The molecule has 119 valence electrons. The SMILES string of the molecule is C[At]1(NC2CCCCC2)[n+]2cccc3ccc4ccc[n+]1c4c32. The summed E-state index contributed by atoms with van der Waals surface area (Å²) < 4.78 is 12.0. The predicted molar refractivity (Wildman–Crippen MR) is 88.5 cm³/mol. The molecule has 1 saturated carbocycles. The van der Waals surface area contributed by atoms with Gasteiger partial charge in [-0.05, 0) is 0 Å². The van der Waals surface area contributed by atoms with Crippen molar-refractivity contribution in [2.45, 2.75) is 42.8 Å². The van der Waals surface area contributed by atoms with Crippen molar-refractivity contribution in [3.8, 4) is 0 Å². The summed E-state index contributed by atoms with van der Waals surface area (Å²) in [4.78, 5) is 0. The number of nitrogens with zero attached hydrogens (tertiary/aromatic N) is 2. The van der Waals surface area contributed by atoms with Crippen LogP contribution in [0.25, 0.3) is 21.8 Å². The molecule has 1 aliphatic carbocycles. The summed E-state index contributed by atoms with van der Waals surface area (Å²) in [5.74, 6) is 0. The molecule has 4 heteroatoms. The fourth-order valence-electron chi connectivity index (χ4n) is 4.17. The first kappa shape index (κ1) is 14.2. The second kappa shape index (κ2) is 5.19. The molecule has 0 atom stereocenters. The molecule has 1 fully saturated rings. The van der Waals surface area contributed by atoms with E-state index < -0.39 is 21.1 Å². The van der Waals surface area contributed by atoms with Crippen molar-refractivity contribution >= 4 is 21.8 Å². The summed E-state index contributed by atoms with van der Waals surface area (Å²) in [6.07, 6.45) is 11.5. The van der Waals surface area contributed by atoms with Crippen molar-refractivity contribution in [3.05, 3.63) is 48.8 Å². The first-order valence-electron chi connectivity index (χ1n) is 8.55. The number of aromatic nitrogens is 2. The molecule has 0 bridgehead atoms. The molecule has 5 rings (SSSR count). The molecule has 3 nitrogen and oxygen atoms in total. The van der Waals surface area contributed by atoms with Gasteiger partial charge in [-0.3, -0.25) is 0 Å². The number of rotatable bonds is 2. The average molecular weight is 503 g/mol. The van der Waals surface area contributed by atoms with Crippen LogP contribution in [0.2, 0.25) is 4.63 Å². The molecule has 1 radical (unpaired) electrons. The standard InChI is InChI=1S/C19H23AtN3/c1-20(21-17-9-3-2-4-10-17)22-13-5-7-15-11-12-16-8-6-14-23(20)19(16)18(15)22/h5-8,11-14,17,21H,2-4,9-10H2,1H3/q+2. The zero-order chi connectivity index (χ0) is 15.4. The maximum atomic E-state index is 4.19. The van der Waals surface area contributed by atoms with E-state index in [1.54, 1.807) is 0 Å². The molecule has 0 saturated heterocycles. The summed E-state index contributed by atoms with van der Waals surface area (Å²) in [5, 5.41) is 2.73. The van der Waals surface area contributed by atoms with Gasteiger partial charge in [-0.25, -0.2) is 0 Å². The van der Waals surface area contributed by atoms with E-state index in [9.17, 15) is 0 Å². The normalized spacial score (nSPS) is 21.3. The van der Waals surface area contributed by atoms with Gasteiger partial charge >= 0.3 is 143 Å². The quantitative estimate of drug-likeness (QED) is 0.533. The summed E-state index contributed by atoms with van der Waals surface area (Å²) in [7, 11) is 0. The summed E-state index contributed by atoms with van der Waals surface area (Å²) >= 11 is -2.79. The molecule has 0 unspecified atom stereocenters. The predicted octanol–water partition coefficient (Wildman–Crippen LogP) is 3.15. The van der Waals surface area contributed by atoms with Crippen molar-refractivity contribution in [1.82, 2.24) is 3.26 Å². The molecule has 2 aliphatic rings. The van der Waals surface area contributed by atoms with Crippen LogP contribution in [-0.2, 0) is 0 Å². The topological polar surface area (TPSA) is 19.8 Å². The molecule has 0 spiro atoms. The maximum absolute atomic E-state index is 4.19. The summed E-state index contributed by atoms with van der Waals surface area (Å²) in [5.41, 5.74) is 2.87. The van der Waals surface area contributed by atoms with Crippen LogP contribution < -0.4 is 8.28 Å². The van der Waals surface area contributed by atoms with Crippen LogP contribution in [0.1, 0.15) is 32.1 Å². The molecular formula is C19H23AtN3+2. The third-order valence-corrected chi connectivity index (χ3v) is 15.8. The van der Waals surface area contributed by atoms with Crippen LogP contribution in [-0.4, -0.2) is 6.04 Å². The third-order valence-electron chi connectivity index (χ3n) is 5.30. The second-order valence-electron chi connectivity index (χ2n) is 6.80. The van der Waals surface area contributed by atoms with Gasteiger partial charge in [-0.1, -0.05) is 0 Å². The number of hydrogen-bond donors (Lipinski definition) is 1. The number of benzene rings is 1. The van der Waals surface area contributed by atoms with E-state index in [0.29, 0.717) is 6.04 Å². The Kier molecular flexibility index (Phi) is 3.21. The van der Waals surface area contributed by atoms with Crippen molar-refractivity contribution in [2.75, 3.05) is 0 Å². The van der Waals surface area contributed by atoms with Gasteiger partial charge < -0.3 is 0 Å². The van der Waals surface area contributed by atoms with E-state index in [4.69, 9.17) is 0 Å². The Morgan fingerprint density at radius 1 is 0.870 bits per heavy atom. The molecule has 3 aromatic rings. The number of pyridine rings is 2. The fraction of sp³-hybridized carbons (Fsp3) is 0.368. The van der Waals surface area contributed by atoms with E-state index in [2.05, 4.69) is 61.7 Å². The Bertz CT molecular complexity index is 852. The summed E-state index contributed by atoms with van der Waals surface area (Å²) in [6.45, 7) is 0. The van der Waals surface area contributed by atoms with E-state index in [0.717, 1.165) is 0 Å². The first-order chi connectivity index (χ1) is 11.3. The monoisotopic (exact) mass is 503 g/mol. The van der Waals surface area contributed by atoms with Crippen LogP contribution in [0, 0.1) is 21.1 Å². The van der Waals surface area contributed by atoms with Gasteiger partial charge in [0, 0.05) is 0 Å². The van der Waals surface area contributed by atoms with Crippen LogP contribution in [0.15, 0.2) is 48.8 Å². The molecule has 0 amide bonds. The second-order valence-corrected chi connectivity index (χ2v) is 16.5. The van der Waals surface area contributed by atoms with Crippen LogP contribution in [0.5, 0.6) is 0 Å². The van der Waals surface area contributed by atoms with Crippen molar-refractivity contribution < 1.29 is 26.2 Å². The zero-order valence-electron chi connectivity index (χ0n) is 13.5. The minimum absolute atomic E-state index is 0.695. The fourth-order valence-corrected chi connectivity index (χ4v) is 14.9. The molecule has 1 aliphatic heterocycles. The first-order valence-corrected chi connectivity index (χ1v) is 15.6. The molecule has 1 aromatic carbocycles. The van der Waals surface area contributed by atoms with E-state index >= 15 is 0 Å². The number of hydrogen-bond acceptors (Lipinski definition) is 1. The van der Waals surface area contributed by atoms with Crippen LogP contribution in [0.3, 0.4) is 0 Å². The van der Waals surface area contributed by atoms with Gasteiger partial charge in [0.25, 0.3) is 0 Å². The molecule has 3 heterocycles.